The first-order valence-corrected chi connectivity index (χ1v) is 9.26. The normalized spacial score (nSPS) is 27.3. The molecule has 25 heavy (non-hydrogen) atoms. The molecule has 0 unspecified atom stereocenters. The van der Waals surface area contributed by atoms with E-state index in [9.17, 15) is 0 Å². The quantitative estimate of drug-likeness (QED) is 0.655. The third kappa shape index (κ3) is 1.57. The second-order valence-electron chi connectivity index (χ2n) is 8.96. The van der Waals surface area contributed by atoms with E-state index in [0.29, 0.717) is 0 Å². The van der Waals surface area contributed by atoms with Crippen LogP contribution < -0.4 is 9.80 Å². The van der Waals surface area contributed by atoms with Crippen LogP contribution in [0.3, 0.4) is 0 Å². The minimum Gasteiger partial charge on any atom is -0.343 e. The minimum atomic E-state index is -0.0121. The molecule has 0 aliphatic carbocycles. The molecule has 2 nitrogen and oxygen atoms in total. The highest BCUT2D eigenvalue weighted by molar-refractivity contribution is 5.77. The number of fused-ring (bicyclic) bond motifs is 6. The third-order valence-electron chi connectivity index (χ3n) is 7.19. The van der Waals surface area contributed by atoms with Gasteiger partial charge in [-0.25, -0.2) is 0 Å². The van der Waals surface area contributed by atoms with E-state index in [1.54, 1.807) is 0 Å². The summed E-state index contributed by atoms with van der Waals surface area (Å²) in [5.41, 5.74) is 7.22. The highest BCUT2D eigenvalue weighted by atomic mass is 15.4. The van der Waals surface area contributed by atoms with Crippen LogP contribution in [0.25, 0.3) is 0 Å². The zero-order valence-electron chi connectivity index (χ0n) is 15.8. The summed E-state index contributed by atoms with van der Waals surface area (Å²) in [5, 5.41) is 0. The molecule has 0 spiro atoms. The number of hydrogen-bond acceptors (Lipinski definition) is 2. The van der Waals surface area contributed by atoms with Crippen molar-refractivity contribution in [2.45, 2.75) is 51.0 Å². The van der Waals surface area contributed by atoms with Crippen molar-refractivity contribution in [1.29, 1.82) is 0 Å². The Kier molecular flexibility index (Phi) is 2.59. The molecule has 0 saturated heterocycles. The Hall–Kier alpha value is -2.22. The highest BCUT2D eigenvalue weighted by Gasteiger charge is 2.57. The lowest BCUT2D eigenvalue weighted by atomic mass is 9.69. The van der Waals surface area contributed by atoms with Gasteiger partial charge in [0.2, 0.25) is 0 Å². The summed E-state index contributed by atoms with van der Waals surface area (Å²) in [4.78, 5) is 5.12. The van der Waals surface area contributed by atoms with E-state index < -0.39 is 0 Å². The summed E-state index contributed by atoms with van der Waals surface area (Å²) in [6.45, 7) is 12.9. The van der Waals surface area contributed by atoms with Gasteiger partial charge in [0.05, 0.1) is 12.2 Å². The van der Waals surface area contributed by atoms with Crippen molar-refractivity contribution < 1.29 is 0 Å². The second-order valence-corrected chi connectivity index (χ2v) is 8.96. The molecule has 1 atom stereocenters. The fourth-order valence-electron chi connectivity index (χ4n) is 5.24. The maximum absolute atomic E-state index is 2.60. The molecular weight excluding hydrogens is 304 g/mol. The van der Waals surface area contributed by atoms with Gasteiger partial charge in [-0.15, -0.1) is 0 Å². The lowest BCUT2D eigenvalue weighted by Gasteiger charge is -2.50. The largest absolute Gasteiger partial charge is 0.343 e. The Labute approximate surface area is 150 Å². The Morgan fingerprint density at radius 1 is 0.760 bits per heavy atom. The standard InChI is InChI=1S/C23H26N2/c1-21(2)16-10-6-8-12-18(16)24-15-25-19-13-9-7-11-17(19)22(3,4)23(25,5)14-20(21)24/h6-14H,15H2,1-5H3/t23-/m1/s1. The summed E-state index contributed by atoms with van der Waals surface area (Å²) in [7, 11) is 0. The van der Waals surface area contributed by atoms with Gasteiger partial charge >= 0.3 is 0 Å². The van der Waals surface area contributed by atoms with Gasteiger partial charge in [-0.05, 0) is 36.3 Å². The molecule has 0 radical (unpaired) electrons. The number of rotatable bonds is 0. The van der Waals surface area contributed by atoms with Crippen molar-refractivity contribution in [3.8, 4) is 0 Å². The Balaban J connectivity index is 1.77. The van der Waals surface area contributed by atoms with E-state index in [-0.39, 0.29) is 16.4 Å². The van der Waals surface area contributed by atoms with Crippen LogP contribution in [0.4, 0.5) is 11.4 Å². The van der Waals surface area contributed by atoms with Crippen molar-refractivity contribution in [2.75, 3.05) is 16.5 Å². The van der Waals surface area contributed by atoms with Gasteiger partial charge in [-0.2, -0.15) is 0 Å². The zero-order chi connectivity index (χ0) is 17.6. The van der Waals surface area contributed by atoms with E-state index in [4.69, 9.17) is 0 Å². The molecule has 0 amide bonds. The van der Waals surface area contributed by atoms with Gasteiger partial charge in [0.1, 0.15) is 0 Å². The van der Waals surface area contributed by atoms with Crippen LogP contribution in [0, 0.1) is 0 Å². The number of para-hydroxylation sites is 2. The molecule has 3 aliphatic heterocycles. The first-order valence-electron chi connectivity index (χ1n) is 9.26. The third-order valence-corrected chi connectivity index (χ3v) is 7.19. The van der Waals surface area contributed by atoms with Gasteiger partial charge in [-0.3, -0.25) is 0 Å². The summed E-state index contributed by atoms with van der Waals surface area (Å²) < 4.78 is 0. The molecular formula is C23H26N2. The number of nitrogens with zero attached hydrogens (tertiary/aromatic N) is 2. The molecule has 0 aromatic heterocycles. The van der Waals surface area contributed by atoms with Crippen molar-refractivity contribution in [1.82, 2.24) is 0 Å². The Bertz CT molecular complexity index is 921. The Morgan fingerprint density at radius 2 is 1.36 bits per heavy atom. The first-order chi connectivity index (χ1) is 11.8. The van der Waals surface area contributed by atoms with Gasteiger partial charge in [0, 0.05) is 27.9 Å². The summed E-state index contributed by atoms with van der Waals surface area (Å²) >= 11 is 0. The fourth-order valence-corrected chi connectivity index (χ4v) is 5.24. The lowest BCUT2D eigenvalue weighted by molar-refractivity contribution is 0.335. The van der Waals surface area contributed by atoms with Crippen molar-refractivity contribution >= 4 is 11.4 Å². The molecule has 0 fully saturated rings. The van der Waals surface area contributed by atoms with Crippen molar-refractivity contribution in [3.63, 3.8) is 0 Å². The molecule has 0 N–H and O–H groups in total. The van der Waals surface area contributed by atoms with Gasteiger partial charge in [0.25, 0.3) is 0 Å². The molecule has 2 heteroatoms. The SMILES string of the molecule is CC1(C)C2=C[C@@]3(C)N(CN2c2ccccc21)c1ccccc1C3(C)C. The predicted octanol–water partition coefficient (Wildman–Crippen LogP) is 5.20. The van der Waals surface area contributed by atoms with Gasteiger partial charge in [0.15, 0.2) is 0 Å². The number of anilines is 2. The smallest absolute Gasteiger partial charge is 0.0957 e. The molecule has 128 valence electrons. The van der Waals surface area contributed by atoms with E-state index in [1.807, 2.05) is 0 Å². The zero-order valence-corrected chi connectivity index (χ0v) is 15.8. The average molecular weight is 330 g/mol. The average Bonchev–Trinajstić information content (AvgIpc) is 2.91. The summed E-state index contributed by atoms with van der Waals surface area (Å²) in [6, 6.07) is 17.8. The van der Waals surface area contributed by atoms with E-state index in [2.05, 4.69) is 99.0 Å². The molecule has 2 aromatic carbocycles. The second kappa shape index (κ2) is 4.30. The van der Waals surface area contributed by atoms with Crippen LogP contribution in [0.15, 0.2) is 60.3 Å². The van der Waals surface area contributed by atoms with Gasteiger partial charge in [-0.1, -0.05) is 64.1 Å². The van der Waals surface area contributed by atoms with E-state index in [1.165, 1.54) is 28.2 Å². The summed E-state index contributed by atoms with van der Waals surface area (Å²) in [5.74, 6) is 0. The maximum Gasteiger partial charge on any atom is 0.0957 e. The van der Waals surface area contributed by atoms with Crippen LogP contribution in [0.5, 0.6) is 0 Å². The molecule has 3 aliphatic rings. The molecule has 0 bridgehead atoms. The van der Waals surface area contributed by atoms with Crippen LogP contribution >= 0.6 is 0 Å². The molecule has 2 aromatic rings. The van der Waals surface area contributed by atoms with E-state index >= 15 is 0 Å². The number of allylic oxidation sites excluding steroid dienone is 1. The van der Waals surface area contributed by atoms with Crippen LogP contribution in [0.2, 0.25) is 0 Å². The van der Waals surface area contributed by atoms with Crippen LogP contribution in [-0.2, 0) is 10.8 Å². The van der Waals surface area contributed by atoms with Crippen LogP contribution in [-0.4, -0.2) is 12.2 Å². The maximum atomic E-state index is 2.60. The number of hydrogen-bond donors (Lipinski definition) is 0. The topological polar surface area (TPSA) is 6.48 Å². The fraction of sp³-hybridized carbons (Fsp3) is 0.391. The molecule has 5 rings (SSSR count). The summed E-state index contributed by atoms with van der Waals surface area (Å²) in [6.07, 6.45) is 2.55. The number of benzene rings is 2. The Morgan fingerprint density at radius 3 is 2.08 bits per heavy atom. The van der Waals surface area contributed by atoms with Crippen molar-refractivity contribution in [3.05, 3.63) is 71.4 Å². The highest BCUT2D eigenvalue weighted by Crippen LogP contribution is 2.58. The van der Waals surface area contributed by atoms with Crippen LogP contribution in [0.1, 0.15) is 45.7 Å². The predicted molar refractivity (Wildman–Crippen MR) is 105 cm³/mol. The minimum absolute atomic E-state index is 0.0121. The van der Waals surface area contributed by atoms with E-state index in [0.717, 1.165) is 6.67 Å². The first kappa shape index (κ1) is 15.1. The van der Waals surface area contributed by atoms with Crippen molar-refractivity contribution in [2.24, 2.45) is 0 Å². The van der Waals surface area contributed by atoms with Gasteiger partial charge < -0.3 is 9.80 Å². The monoisotopic (exact) mass is 330 g/mol. The molecule has 3 heterocycles. The lowest BCUT2D eigenvalue weighted by Crippen LogP contribution is -2.59. The molecule has 0 saturated carbocycles.